The van der Waals surface area contributed by atoms with Crippen molar-refractivity contribution < 1.29 is 0 Å². The zero-order valence-corrected chi connectivity index (χ0v) is 12.4. The average Bonchev–Trinajstić information content (AvgIpc) is 3.14. The van der Waals surface area contributed by atoms with Gasteiger partial charge in [0.15, 0.2) is 0 Å². The first-order valence-corrected chi connectivity index (χ1v) is 8.43. The van der Waals surface area contributed by atoms with Crippen LogP contribution in [0.15, 0.2) is 53.6 Å². The van der Waals surface area contributed by atoms with Crippen molar-refractivity contribution in [1.82, 2.24) is 0 Å². The summed E-state index contributed by atoms with van der Waals surface area (Å²) in [7, 11) is 0. The van der Waals surface area contributed by atoms with Gasteiger partial charge in [-0.05, 0) is 72.6 Å². The number of allylic oxidation sites excluding steroid dienone is 2. The fourth-order valence-electron chi connectivity index (χ4n) is 5.28. The number of fused-ring (bicyclic) bond motifs is 5. The second-order valence-electron chi connectivity index (χ2n) is 7.03. The van der Waals surface area contributed by atoms with Crippen molar-refractivity contribution in [2.75, 3.05) is 0 Å². The molecule has 3 aliphatic carbocycles. The lowest BCUT2D eigenvalue weighted by atomic mass is 9.74. The predicted molar refractivity (Wildman–Crippen MR) is 88.1 cm³/mol. The van der Waals surface area contributed by atoms with Gasteiger partial charge in [0.25, 0.3) is 0 Å². The standard InChI is InChI=1S/C21H21/c1-2-8-16-14(6-1)7-5-11-19(16)21-13-15-12-20(21)18-10-4-3-9-17(15)18/h1-3,5-8,11,15,20-21H,4,9-10,12-13H2. The van der Waals surface area contributed by atoms with E-state index in [-0.39, 0.29) is 0 Å². The lowest BCUT2D eigenvalue weighted by Crippen LogP contribution is -2.16. The van der Waals surface area contributed by atoms with E-state index >= 15 is 0 Å². The SMILES string of the molecule is [CH]1CCC2=C(C1)C1CC2C(c2cccc3ccccc23)C1. The van der Waals surface area contributed by atoms with Gasteiger partial charge >= 0.3 is 0 Å². The zero-order valence-electron chi connectivity index (χ0n) is 12.4. The molecule has 0 heterocycles. The summed E-state index contributed by atoms with van der Waals surface area (Å²) in [6.07, 6.45) is 9.28. The van der Waals surface area contributed by atoms with E-state index in [4.69, 9.17) is 0 Å². The Morgan fingerprint density at radius 1 is 0.810 bits per heavy atom. The molecule has 105 valence electrons. The number of hydrogen-bond donors (Lipinski definition) is 0. The van der Waals surface area contributed by atoms with E-state index in [1.165, 1.54) is 42.9 Å². The van der Waals surface area contributed by atoms with E-state index in [1.807, 2.05) is 11.1 Å². The summed E-state index contributed by atoms with van der Waals surface area (Å²) in [5, 5.41) is 2.89. The molecule has 1 fully saturated rings. The molecule has 0 N–H and O–H groups in total. The summed E-state index contributed by atoms with van der Waals surface area (Å²) in [6, 6.07) is 15.8. The van der Waals surface area contributed by atoms with Crippen molar-refractivity contribution in [2.24, 2.45) is 11.8 Å². The lowest BCUT2D eigenvalue weighted by Gasteiger charge is -2.31. The predicted octanol–water partition coefficient (Wildman–Crippen LogP) is 5.65. The summed E-state index contributed by atoms with van der Waals surface area (Å²) >= 11 is 0. The molecule has 0 aliphatic heterocycles. The quantitative estimate of drug-likeness (QED) is 0.589. The van der Waals surface area contributed by atoms with Crippen LogP contribution in [0.2, 0.25) is 0 Å². The number of hydrogen-bond acceptors (Lipinski definition) is 0. The van der Waals surface area contributed by atoms with Gasteiger partial charge in [0.05, 0.1) is 0 Å². The Kier molecular flexibility index (Phi) is 2.56. The molecule has 0 amide bonds. The Morgan fingerprint density at radius 2 is 1.67 bits per heavy atom. The van der Waals surface area contributed by atoms with E-state index in [2.05, 4.69) is 48.9 Å². The smallest absolute Gasteiger partial charge is 0.00842 e. The molecule has 0 saturated heterocycles. The minimum Gasteiger partial charge on any atom is -0.0673 e. The first kappa shape index (κ1) is 12.0. The Balaban J connectivity index is 1.61. The molecular formula is C21H21. The molecule has 21 heavy (non-hydrogen) atoms. The third-order valence-electron chi connectivity index (χ3n) is 6.12. The van der Waals surface area contributed by atoms with Crippen molar-refractivity contribution in [2.45, 2.75) is 38.0 Å². The van der Waals surface area contributed by atoms with Gasteiger partial charge in [0.2, 0.25) is 0 Å². The van der Waals surface area contributed by atoms with Gasteiger partial charge < -0.3 is 0 Å². The van der Waals surface area contributed by atoms with Gasteiger partial charge in [-0.2, -0.15) is 0 Å². The molecule has 2 aromatic rings. The lowest BCUT2D eigenvalue weighted by molar-refractivity contribution is 0.515. The first-order chi connectivity index (χ1) is 10.4. The van der Waals surface area contributed by atoms with Crippen LogP contribution >= 0.6 is 0 Å². The van der Waals surface area contributed by atoms with E-state index in [0.717, 1.165) is 17.8 Å². The van der Waals surface area contributed by atoms with Crippen LogP contribution in [0.3, 0.4) is 0 Å². The molecule has 0 aromatic heterocycles. The maximum Gasteiger partial charge on any atom is -0.00842 e. The van der Waals surface area contributed by atoms with Crippen molar-refractivity contribution in [1.29, 1.82) is 0 Å². The minimum absolute atomic E-state index is 0.776. The molecule has 0 spiro atoms. The highest BCUT2D eigenvalue weighted by Gasteiger charge is 2.46. The van der Waals surface area contributed by atoms with Crippen LogP contribution in [0.1, 0.15) is 43.6 Å². The fraction of sp³-hybridized carbons (Fsp3) is 0.381. The summed E-state index contributed by atoms with van der Waals surface area (Å²) in [4.78, 5) is 0. The van der Waals surface area contributed by atoms with E-state index in [1.54, 1.807) is 5.56 Å². The van der Waals surface area contributed by atoms with E-state index < -0.39 is 0 Å². The van der Waals surface area contributed by atoms with Crippen LogP contribution in [0.25, 0.3) is 10.8 Å². The molecule has 5 rings (SSSR count). The third-order valence-corrected chi connectivity index (χ3v) is 6.12. The zero-order chi connectivity index (χ0) is 13.8. The van der Waals surface area contributed by atoms with Crippen LogP contribution in [-0.2, 0) is 0 Å². The van der Waals surface area contributed by atoms with Crippen LogP contribution in [0.4, 0.5) is 0 Å². The minimum atomic E-state index is 0.776. The molecule has 1 saturated carbocycles. The Morgan fingerprint density at radius 3 is 2.67 bits per heavy atom. The van der Waals surface area contributed by atoms with Crippen LogP contribution in [0.5, 0.6) is 0 Å². The largest absolute Gasteiger partial charge is 0.0673 e. The van der Waals surface area contributed by atoms with Crippen LogP contribution < -0.4 is 0 Å². The second kappa shape index (κ2) is 4.47. The van der Waals surface area contributed by atoms with Gasteiger partial charge in [-0.25, -0.2) is 0 Å². The number of rotatable bonds is 1. The molecular weight excluding hydrogens is 252 g/mol. The highest BCUT2D eigenvalue weighted by atomic mass is 14.5. The van der Waals surface area contributed by atoms with Crippen molar-refractivity contribution in [3.8, 4) is 0 Å². The monoisotopic (exact) mass is 273 g/mol. The molecule has 3 unspecified atom stereocenters. The Hall–Kier alpha value is -1.56. The highest BCUT2D eigenvalue weighted by Crippen LogP contribution is 2.59. The summed E-state index contributed by atoms with van der Waals surface area (Å²) < 4.78 is 0. The Bertz CT molecular complexity index is 731. The van der Waals surface area contributed by atoms with Gasteiger partial charge in [-0.3, -0.25) is 0 Å². The van der Waals surface area contributed by atoms with Crippen LogP contribution in [0, 0.1) is 18.3 Å². The summed E-state index contributed by atoms with van der Waals surface area (Å²) in [6.45, 7) is 0. The van der Waals surface area contributed by atoms with Gasteiger partial charge in [0.1, 0.15) is 0 Å². The van der Waals surface area contributed by atoms with Gasteiger partial charge in [-0.15, -0.1) is 0 Å². The van der Waals surface area contributed by atoms with Crippen molar-refractivity contribution in [3.05, 3.63) is 65.6 Å². The topological polar surface area (TPSA) is 0 Å². The van der Waals surface area contributed by atoms with E-state index in [9.17, 15) is 0 Å². The summed E-state index contributed by atoms with van der Waals surface area (Å²) in [5.74, 6) is 2.52. The van der Waals surface area contributed by atoms with Gasteiger partial charge in [0, 0.05) is 0 Å². The van der Waals surface area contributed by atoms with E-state index in [0.29, 0.717) is 0 Å². The van der Waals surface area contributed by atoms with Crippen LogP contribution in [-0.4, -0.2) is 0 Å². The summed E-state index contributed by atoms with van der Waals surface area (Å²) in [5.41, 5.74) is 5.30. The molecule has 2 aromatic carbocycles. The maximum atomic E-state index is 2.51. The molecule has 3 atom stereocenters. The average molecular weight is 273 g/mol. The number of benzene rings is 2. The molecule has 0 heteroatoms. The van der Waals surface area contributed by atoms with Crippen molar-refractivity contribution >= 4 is 10.8 Å². The maximum absolute atomic E-state index is 2.51. The van der Waals surface area contributed by atoms with Crippen molar-refractivity contribution in [3.63, 3.8) is 0 Å². The normalized spacial score (nSPS) is 31.0. The second-order valence-corrected chi connectivity index (χ2v) is 7.03. The molecule has 2 bridgehead atoms. The Labute approximate surface area is 126 Å². The molecule has 0 nitrogen and oxygen atoms in total. The van der Waals surface area contributed by atoms with Gasteiger partial charge in [-0.1, -0.05) is 53.6 Å². The highest BCUT2D eigenvalue weighted by molar-refractivity contribution is 5.86. The first-order valence-electron chi connectivity index (χ1n) is 8.43. The fourth-order valence-corrected chi connectivity index (χ4v) is 5.28. The molecule has 1 radical (unpaired) electrons. The third kappa shape index (κ3) is 1.68. The molecule has 3 aliphatic rings.